The summed E-state index contributed by atoms with van der Waals surface area (Å²) in [5.41, 5.74) is 16.0. The van der Waals surface area contributed by atoms with Crippen LogP contribution in [0, 0.1) is 6.92 Å². The minimum atomic E-state index is -0.164. The highest BCUT2D eigenvalue weighted by Crippen LogP contribution is 2.39. The predicted octanol–water partition coefficient (Wildman–Crippen LogP) is 7.32. The Morgan fingerprint density at radius 3 is 2.09 bits per heavy atom. The molecule has 11 heteroatoms. The molecule has 284 valence electrons. The van der Waals surface area contributed by atoms with Gasteiger partial charge in [0.05, 0.1) is 43.2 Å². The zero-order valence-electron chi connectivity index (χ0n) is 31.6. The number of ether oxygens (including phenoxy) is 4. The van der Waals surface area contributed by atoms with Crippen molar-refractivity contribution in [3.8, 4) is 23.0 Å². The Bertz CT molecular complexity index is 2370. The highest BCUT2D eigenvalue weighted by molar-refractivity contribution is 6.03. The quantitative estimate of drug-likeness (QED) is 0.0852. The second kappa shape index (κ2) is 15.6. The van der Waals surface area contributed by atoms with Crippen molar-refractivity contribution >= 4 is 41.8 Å². The second-order valence-electron chi connectivity index (χ2n) is 14.3. The first-order chi connectivity index (χ1) is 27.3. The van der Waals surface area contributed by atoms with Crippen LogP contribution in [0.1, 0.15) is 49.3 Å². The lowest BCUT2D eigenvalue weighted by Crippen LogP contribution is -2.44. The van der Waals surface area contributed by atoms with Gasteiger partial charge in [0.1, 0.15) is 13.2 Å². The third-order valence-electron chi connectivity index (χ3n) is 10.6. The van der Waals surface area contributed by atoms with Gasteiger partial charge in [0, 0.05) is 43.3 Å². The first-order valence-corrected chi connectivity index (χ1v) is 18.6. The molecule has 5 aromatic rings. The molecule has 0 radical (unpaired) electrons. The lowest BCUT2D eigenvalue weighted by Gasteiger charge is -2.34. The monoisotopic (exact) mass is 749 g/mol. The number of benzene rings is 5. The maximum atomic E-state index is 13.8. The number of fused-ring (bicyclic) bond motifs is 4. The number of anilines is 1. The van der Waals surface area contributed by atoms with Crippen molar-refractivity contribution in [2.75, 3.05) is 20.0 Å². The number of hydrogen-bond acceptors (Lipinski definition) is 9. The average Bonchev–Trinajstić information content (AvgIpc) is 3.34. The number of hydrogen-bond donors (Lipinski definition) is 1. The third kappa shape index (κ3) is 7.40. The SMILES string of the molecule is COc1cc(C)c(N=CC2Cc3ccccc3CN2C=O)cc1OCc1cc(N)cc(COc2cc3c(cc2OC)C(=O)N2Cc4ccccc4CC2C=N3)c1. The van der Waals surface area contributed by atoms with E-state index in [1.54, 1.807) is 31.3 Å². The first kappa shape index (κ1) is 36.4. The third-order valence-corrected chi connectivity index (χ3v) is 10.6. The molecule has 0 saturated carbocycles. The fraction of sp³-hybridized carbons (Fsp3) is 0.244. The first-order valence-electron chi connectivity index (χ1n) is 18.6. The van der Waals surface area contributed by atoms with Crippen molar-refractivity contribution in [3.63, 3.8) is 0 Å². The number of carbonyl (C=O) groups excluding carboxylic acids is 2. The van der Waals surface area contributed by atoms with Crippen molar-refractivity contribution in [2.45, 2.75) is 58.2 Å². The van der Waals surface area contributed by atoms with Crippen molar-refractivity contribution in [2.24, 2.45) is 9.98 Å². The Labute approximate surface area is 326 Å². The summed E-state index contributed by atoms with van der Waals surface area (Å²) in [4.78, 5) is 38.9. The van der Waals surface area contributed by atoms with E-state index in [1.807, 2.05) is 78.9 Å². The van der Waals surface area contributed by atoms with Crippen LogP contribution in [0.4, 0.5) is 17.1 Å². The normalized spacial score (nSPS) is 17.0. The molecule has 0 aromatic heterocycles. The smallest absolute Gasteiger partial charge is 0.257 e. The molecule has 8 rings (SSSR count). The molecule has 0 bridgehead atoms. The van der Waals surface area contributed by atoms with Crippen LogP contribution in [0.15, 0.2) is 101 Å². The molecule has 0 saturated heterocycles. The molecule has 11 nitrogen and oxygen atoms in total. The van der Waals surface area contributed by atoms with Crippen LogP contribution in [0.5, 0.6) is 23.0 Å². The molecule has 3 aliphatic rings. The topological polar surface area (TPSA) is 128 Å². The van der Waals surface area contributed by atoms with Gasteiger partial charge in [0.15, 0.2) is 23.0 Å². The van der Waals surface area contributed by atoms with Gasteiger partial charge in [-0.2, -0.15) is 0 Å². The molecule has 3 heterocycles. The maximum absolute atomic E-state index is 13.8. The number of nitrogens with zero attached hydrogens (tertiary/aromatic N) is 4. The number of rotatable bonds is 11. The summed E-state index contributed by atoms with van der Waals surface area (Å²) in [6.45, 7) is 3.43. The van der Waals surface area contributed by atoms with E-state index in [4.69, 9.17) is 34.7 Å². The number of aliphatic imine (C=N–C) groups is 2. The summed E-state index contributed by atoms with van der Waals surface area (Å²) < 4.78 is 24.0. The molecule has 0 spiro atoms. The van der Waals surface area contributed by atoms with Crippen LogP contribution in [0.25, 0.3) is 0 Å². The van der Waals surface area contributed by atoms with E-state index in [9.17, 15) is 9.59 Å². The Balaban J connectivity index is 0.966. The highest BCUT2D eigenvalue weighted by atomic mass is 16.5. The number of amides is 2. The molecule has 2 atom stereocenters. The summed E-state index contributed by atoms with van der Waals surface area (Å²) >= 11 is 0. The Kier molecular flexibility index (Phi) is 10.1. The largest absolute Gasteiger partial charge is 0.493 e. The van der Waals surface area contributed by atoms with E-state index >= 15 is 0 Å². The van der Waals surface area contributed by atoms with Crippen molar-refractivity contribution in [1.29, 1.82) is 0 Å². The Hall–Kier alpha value is -6.62. The van der Waals surface area contributed by atoms with Crippen molar-refractivity contribution in [3.05, 3.63) is 136 Å². The second-order valence-corrected chi connectivity index (χ2v) is 14.3. The fourth-order valence-electron chi connectivity index (χ4n) is 7.65. The van der Waals surface area contributed by atoms with E-state index < -0.39 is 0 Å². The van der Waals surface area contributed by atoms with E-state index in [0.717, 1.165) is 34.2 Å². The Morgan fingerprint density at radius 1 is 0.786 bits per heavy atom. The number of carbonyl (C=O) groups is 2. The fourth-order valence-corrected chi connectivity index (χ4v) is 7.65. The molecule has 2 amide bonds. The Morgan fingerprint density at radius 2 is 1.41 bits per heavy atom. The number of aryl methyl sites for hydroxylation is 1. The molecular formula is C45H43N5O6. The maximum Gasteiger partial charge on any atom is 0.257 e. The molecule has 56 heavy (non-hydrogen) atoms. The lowest BCUT2D eigenvalue weighted by atomic mass is 9.94. The number of methoxy groups -OCH3 is 2. The number of nitrogens with two attached hydrogens (primary N) is 1. The summed E-state index contributed by atoms with van der Waals surface area (Å²) in [5, 5.41) is 0. The van der Waals surface area contributed by atoms with Crippen LogP contribution >= 0.6 is 0 Å². The van der Waals surface area contributed by atoms with E-state index in [2.05, 4.69) is 24.3 Å². The van der Waals surface area contributed by atoms with Crippen LogP contribution in [-0.2, 0) is 43.9 Å². The molecule has 5 aromatic carbocycles. The van der Waals surface area contributed by atoms with Gasteiger partial charge >= 0.3 is 0 Å². The van der Waals surface area contributed by atoms with Gasteiger partial charge in [0.2, 0.25) is 6.41 Å². The van der Waals surface area contributed by atoms with Crippen LogP contribution in [0.3, 0.4) is 0 Å². The van der Waals surface area contributed by atoms with Gasteiger partial charge in [-0.3, -0.25) is 19.6 Å². The predicted molar refractivity (Wildman–Crippen MR) is 216 cm³/mol. The summed E-state index contributed by atoms with van der Waals surface area (Å²) in [6.07, 6.45) is 5.98. The molecule has 3 aliphatic heterocycles. The van der Waals surface area contributed by atoms with E-state index in [0.29, 0.717) is 71.6 Å². The van der Waals surface area contributed by atoms with Gasteiger partial charge in [-0.1, -0.05) is 48.5 Å². The van der Waals surface area contributed by atoms with Crippen molar-refractivity contribution in [1.82, 2.24) is 9.80 Å². The highest BCUT2D eigenvalue weighted by Gasteiger charge is 2.33. The van der Waals surface area contributed by atoms with Crippen LogP contribution in [0.2, 0.25) is 0 Å². The van der Waals surface area contributed by atoms with Gasteiger partial charge in [-0.15, -0.1) is 0 Å². The standard InChI is InChI=1S/C45H43N5O6/c1-28-12-41(53-2)43(19-39(28)47-21-36-16-31-8-4-6-10-33(31)23-49(36)27-51)55-25-29-13-30(15-35(46)14-29)26-56-44-20-40-38(18-42(44)54-3)45(52)50-24-34-11-7-5-9-32(34)17-37(50)22-48-40/h4-15,18-22,27,36-37H,16-17,23-26,46H2,1-3H3. The van der Waals surface area contributed by atoms with Crippen LogP contribution in [-0.4, -0.2) is 60.8 Å². The van der Waals surface area contributed by atoms with Crippen LogP contribution < -0.4 is 24.7 Å². The number of nitrogen functional groups attached to an aromatic ring is 1. The summed E-state index contributed by atoms with van der Waals surface area (Å²) in [7, 11) is 3.16. The zero-order chi connectivity index (χ0) is 38.8. The van der Waals surface area contributed by atoms with Gasteiger partial charge in [-0.25, -0.2) is 0 Å². The average molecular weight is 750 g/mol. The van der Waals surface area contributed by atoms with Gasteiger partial charge in [0.25, 0.3) is 5.91 Å². The molecule has 2 unspecified atom stereocenters. The zero-order valence-corrected chi connectivity index (χ0v) is 31.6. The lowest BCUT2D eigenvalue weighted by molar-refractivity contribution is -0.119. The van der Waals surface area contributed by atoms with E-state index in [1.165, 1.54) is 11.1 Å². The summed E-state index contributed by atoms with van der Waals surface area (Å²) in [6, 6.07) is 29.0. The minimum Gasteiger partial charge on any atom is -0.493 e. The molecular weight excluding hydrogens is 707 g/mol. The molecule has 2 N–H and O–H groups in total. The van der Waals surface area contributed by atoms with E-state index in [-0.39, 0.29) is 31.2 Å². The summed E-state index contributed by atoms with van der Waals surface area (Å²) in [5.74, 6) is 1.91. The minimum absolute atomic E-state index is 0.0913. The van der Waals surface area contributed by atoms with Crippen molar-refractivity contribution < 1.29 is 28.5 Å². The molecule has 0 aliphatic carbocycles. The van der Waals surface area contributed by atoms with Gasteiger partial charge in [-0.05, 0) is 89.0 Å². The molecule has 0 fully saturated rings. The van der Waals surface area contributed by atoms with Gasteiger partial charge < -0.3 is 34.5 Å².